The number of aromatic nitrogens is 1. The SMILES string of the molecule is O=[N+]([O-])c1cccnc1N1CCCC[C@@H]1CO. The molecule has 0 radical (unpaired) electrons. The first-order valence-electron chi connectivity index (χ1n) is 5.71. The summed E-state index contributed by atoms with van der Waals surface area (Å²) in [6.45, 7) is 0.719. The molecule has 6 nitrogen and oxygen atoms in total. The van der Waals surface area contributed by atoms with E-state index in [2.05, 4.69) is 4.98 Å². The lowest BCUT2D eigenvalue weighted by Crippen LogP contribution is -2.42. The summed E-state index contributed by atoms with van der Waals surface area (Å²) in [5.74, 6) is 0.372. The zero-order valence-electron chi connectivity index (χ0n) is 9.45. The second kappa shape index (κ2) is 5.09. The number of nitro groups is 1. The van der Waals surface area contributed by atoms with E-state index in [1.165, 1.54) is 6.07 Å². The van der Waals surface area contributed by atoms with Gasteiger partial charge in [0.2, 0.25) is 5.82 Å². The van der Waals surface area contributed by atoms with Crippen molar-refractivity contribution in [1.82, 2.24) is 4.98 Å². The molecule has 2 rings (SSSR count). The number of piperidine rings is 1. The van der Waals surface area contributed by atoms with Crippen molar-refractivity contribution in [3.8, 4) is 0 Å². The molecule has 6 heteroatoms. The van der Waals surface area contributed by atoms with Gasteiger partial charge in [-0.15, -0.1) is 0 Å². The second-order valence-electron chi connectivity index (χ2n) is 4.13. The number of rotatable bonds is 3. The fraction of sp³-hybridized carbons (Fsp3) is 0.545. The van der Waals surface area contributed by atoms with Gasteiger partial charge in [-0.2, -0.15) is 0 Å². The van der Waals surface area contributed by atoms with Gasteiger partial charge in [-0.05, 0) is 25.3 Å². The molecular weight excluding hydrogens is 222 g/mol. The summed E-state index contributed by atoms with van der Waals surface area (Å²) < 4.78 is 0. The van der Waals surface area contributed by atoms with E-state index in [-0.39, 0.29) is 18.3 Å². The standard InChI is InChI=1S/C11H15N3O3/c15-8-9-4-1-2-7-13(9)11-10(14(16)17)5-3-6-12-11/h3,5-6,9,15H,1-2,4,7-8H2/t9-/m1/s1. The summed E-state index contributed by atoms with van der Waals surface area (Å²) in [4.78, 5) is 16.5. The summed E-state index contributed by atoms with van der Waals surface area (Å²) in [7, 11) is 0. The first kappa shape index (κ1) is 11.8. The zero-order valence-corrected chi connectivity index (χ0v) is 9.45. The Hall–Kier alpha value is -1.69. The van der Waals surface area contributed by atoms with Crippen LogP contribution in [0.15, 0.2) is 18.3 Å². The highest BCUT2D eigenvalue weighted by Crippen LogP contribution is 2.30. The molecule has 17 heavy (non-hydrogen) atoms. The van der Waals surface area contributed by atoms with E-state index in [1.54, 1.807) is 12.3 Å². The third kappa shape index (κ3) is 2.36. The van der Waals surface area contributed by atoms with Crippen LogP contribution in [-0.4, -0.2) is 34.2 Å². The lowest BCUT2D eigenvalue weighted by molar-refractivity contribution is -0.384. The van der Waals surface area contributed by atoms with Crippen molar-refractivity contribution in [3.05, 3.63) is 28.4 Å². The van der Waals surface area contributed by atoms with E-state index < -0.39 is 4.92 Å². The maximum Gasteiger partial charge on any atom is 0.311 e. The van der Waals surface area contributed by atoms with Gasteiger partial charge in [-0.1, -0.05) is 0 Å². The first-order valence-corrected chi connectivity index (χ1v) is 5.71. The van der Waals surface area contributed by atoms with E-state index in [0.29, 0.717) is 12.4 Å². The van der Waals surface area contributed by atoms with Crippen LogP contribution >= 0.6 is 0 Å². The number of aliphatic hydroxyl groups is 1. The van der Waals surface area contributed by atoms with Crippen molar-refractivity contribution in [2.75, 3.05) is 18.1 Å². The molecule has 0 aliphatic carbocycles. The van der Waals surface area contributed by atoms with Crippen molar-refractivity contribution in [3.63, 3.8) is 0 Å². The maximum atomic E-state index is 10.9. The number of nitrogens with zero attached hydrogens (tertiary/aromatic N) is 3. The van der Waals surface area contributed by atoms with Gasteiger partial charge in [-0.3, -0.25) is 10.1 Å². The number of pyridine rings is 1. The lowest BCUT2D eigenvalue weighted by Gasteiger charge is -2.34. The van der Waals surface area contributed by atoms with E-state index in [0.717, 1.165) is 19.3 Å². The van der Waals surface area contributed by atoms with E-state index in [1.807, 2.05) is 4.90 Å². The Morgan fingerprint density at radius 3 is 3.12 bits per heavy atom. The van der Waals surface area contributed by atoms with Crippen LogP contribution in [0, 0.1) is 10.1 Å². The fourth-order valence-electron chi connectivity index (χ4n) is 2.22. The van der Waals surface area contributed by atoms with Gasteiger partial charge >= 0.3 is 5.69 Å². The molecule has 2 heterocycles. The van der Waals surface area contributed by atoms with Gasteiger partial charge in [0.15, 0.2) is 0 Å². The van der Waals surface area contributed by atoms with Crippen molar-refractivity contribution in [2.24, 2.45) is 0 Å². The van der Waals surface area contributed by atoms with E-state index >= 15 is 0 Å². The molecule has 0 unspecified atom stereocenters. The van der Waals surface area contributed by atoms with Crippen molar-refractivity contribution in [1.29, 1.82) is 0 Å². The average molecular weight is 237 g/mol. The molecule has 1 fully saturated rings. The Bertz CT molecular complexity index is 411. The first-order chi connectivity index (χ1) is 8.24. The highest BCUT2D eigenvalue weighted by atomic mass is 16.6. The average Bonchev–Trinajstić information content (AvgIpc) is 2.38. The van der Waals surface area contributed by atoms with Crippen LogP contribution in [0.1, 0.15) is 19.3 Å². The van der Waals surface area contributed by atoms with Crippen LogP contribution in [0.2, 0.25) is 0 Å². The Morgan fingerprint density at radius 2 is 2.41 bits per heavy atom. The Labute approximate surface area is 99.0 Å². The Kier molecular flexibility index (Phi) is 3.53. The van der Waals surface area contributed by atoms with Crippen LogP contribution in [-0.2, 0) is 0 Å². The molecule has 0 saturated carbocycles. The Balaban J connectivity index is 2.34. The van der Waals surface area contributed by atoms with Crippen molar-refractivity contribution >= 4 is 11.5 Å². The van der Waals surface area contributed by atoms with E-state index in [4.69, 9.17) is 0 Å². The van der Waals surface area contributed by atoms with Gasteiger partial charge in [0.05, 0.1) is 17.6 Å². The van der Waals surface area contributed by atoms with Crippen LogP contribution in [0.4, 0.5) is 11.5 Å². The molecule has 1 N–H and O–H groups in total. The normalized spacial score (nSPS) is 20.3. The van der Waals surface area contributed by atoms with Crippen LogP contribution in [0.25, 0.3) is 0 Å². The number of hydrogen-bond donors (Lipinski definition) is 1. The summed E-state index contributed by atoms with van der Waals surface area (Å²) in [6, 6.07) is 2.95. The number of aliphatic hydroxyl groups excluding tert-OH is 1. The molecule has 1 aromatic heterocycles. The van der Waals surface area contributed by atoms with Crippen LogP contribution < -0.4 is 4.90 Å². The molecule has 0 bridgehead atoms. The third-order valence-electron chi connectivity index (χ3n) is 3.07. The van der Waals surface area contributed by atoms with E-state index in [9.17, 15) is 15.2 Å². The topological polar surface area (TPSA) is 79.5 Å². The lowest BCUT2D eigenvalue weighted by atomic mass is 10.0. The number of hydrogen-bond acceptors (Lipinski definition) is 5. The van der Waals surface area contributed by atoms with Gasteiger partial charge in [0, 0.05) is 18.8 Å². The summed E-state index contributed by atoms with van der Waals surface area (Å²) in [5, 5.41) is 20.2. The minimum atomic E-state index is -0.425. The molecule has 0 aromatic carbocycles. The molecule has 1 aliphatic rings. The van der Waals surface area contributed by atoms with Crippen LogP contribution in [0.5, 0.6) is 0 Å². The largest absolute Gasteiger partial charge is 0.394 e. The Morgan fingerprint density at radius 1 is 1.59 bits per heavy atom. The summed E-state index contributed by atoms with van der Waals surface area (Å²) >= 11 is 0. The molecule has 1 atom stereocenters. The molecule has 0 amide bonds. The molecule has 0 spiro atoms. The summed E-state index contributed by atoms with van der Waals surface area (Å²) in [5.41, 5.74) is 0.00727. The molecule has 1 aliphatic heterocycles. The predicted molar refractivity (Wildman–Crippen MR) is 63.0 cm³/mol. The minimum Gasteiger partial charge on any atom is -0.394 e. The third-order valence-corrected chi connectivity index (χ3v) is 3.07. The summed E-state index contributed by atoms with van der Waals surface area (Å²) in [6.07, 6.45) is 4.42. The van der Waals surface area contributed by atoms with Gasteiger partial charge in [-0.25, -0.2) is 4.98 Å². The quantitative estimate of drug-likeness (QED) is 0.634. The molecular formula is C11H15N3O3. The second-order valence-corrected chi connectivity index (χ2v) is 4.13. The van der Waals surface area contributed by atoms with Gasteiger partial charge < -0.3 is 10.0 Å². The highest BCUT2D eigenvalue weighted by molar-refractivity contribution is 5.58. The molecule has 1 aromatic rings. The van der Waals surface area contributed by atoms with Gasteiger partial charge in [0.25, 0.3) is 0 Å². The van der Waals surface area contributed by atoms with Gasteiger partial charge in [0.1, 0.15) is 0 Å². The van der Waals surface area contributed by atoms with Crippen LogP contribution in [0.3, 0.4) is 0 Å². The zero-order chi connectivity index (χ0) is 12.3. The predicted octanol–water partition coefficient (Wildman–Crippen LogP) is 1.34. The molecule has 92 valence electrons. The fourth-order valence-corrected chi connectivity index (χ4v) is 2.22. The highest BCUT2D eigenvalue weighted by Gasteiger charge is 2.28. The molecule has 1 saturated heterocycles. The number of anilines is 1. The maximum absolute atomic E-state index is 10.9. The smallest absolute Gasteiger partial charge is 0.311 e. The van der Waals surface area contributed by atoms with Crippen molar-refractivity contribution < 1.29 is 10.0 Å². The minimum absolute atomic E-state index is 0.00727. The monoisotopic (exact) mass is 237 g/mol. The van der Waals surface area contributed by atoms with Crippen molar-refractivity contribution in [2.45, 2.75) is 25.3 Å².